The lowest BCUT2D eigenvalue weighted by Gasteiger charge is -2.33. The van der Waals surface area contributed by atoms with E-state index in [1.54, 1.807) is 12.4 Å². The van der Waals surface area contributed by atoms with Crippen molar-refractivity contribution in [1.29, 1.82) is 0 Å². The van der Waals surface area contributed by atoms with Gasteiger partial charge < -0.3 is 9.64 Å². The normalized spacial score (nSPS) is 20.1. The molecule has 0 N–H and O–H groups in total. The highest BCUT2D eigenvalue weighted by molar-refractivity contribution is 9.10. The van der Waals surface area contributed by atoms with Crippen LogP contribution < -0.4 is 4.90 Å². The minimum atomic E-state index is -0.111. The summed E-state index contributed by atoms with van der Waals surface area (Å²) in [7, 11) is 1.45. The first-order valence-corrected chi connectivity index (χ1v) is 6.44. The van der Waals surface area contributed by atoms with Crippen molar-refractivity contribution in [2.75, 3.05) is 25.1 Å². The first-order valence-electron chi connectivity index (χ1n) is 5.64. The van der Waals surface area contributed by atoms with E-state index in [4.69, 9.17) is 4.74 Å². The van der Waals surface area contributed by atoms with E-state index in [-0.39, 0.29) is 11.9 Å². The average molecular weight is 299 g/mol. The molecule has 1 atom stereocenters. The minimum absolute atomic E-state index is 0.0196. The number of aromatic nitrogens is 1. The number of nitrogens with zero attached hydrogens (tertiary/aromatic N) is 2. The van der Waals surface area contributed by atoms with Gasteiger partial charge in [-0.15, -0.1) is 0 Å². The SMILES string of the molecule is COC(=O)C1CCCN(c2ccncc2Br)C1. The fourth-order valence-electron chi connectivity index (χ4n) is 2.18. The minimum Gasteiger partial charge on any atom is -0.469 e. The predicted octanol–water partition coefficient (Wildman–Crippen LogP) is 2.23. The standard InChI is InChI=1S/C12H15BrN2O2/c1-17-12(16)9-3-2-6-15(8-9)11-4-5-14-7-10(11)13/h4-5,7,9H,2-3,6,8H2,1H3. The fraction of sp³-hybridized carbons (Fsp3) is 0.500. The largest absolute Gasteiger partial charge is 0.469 e. The molecule has 0 saturated carbocycles. The van der Waals surface area contributed by atoms with Crippen molar-refractivity contribution in [2.24, 2.45) is 5.92 Å². The van der Waals surface area contributed by atoms with Crippen molar-refractivity contribution in [1.82, 2.24) is 4.98 Å². The molecular formula is C12H15BrN2O2. The Labute approximate surface area is 109 Å². The number of ether oxygens (including phenoxy) is 1. The first kappa shape index (κ1) is 12.4. The van der Waals surface area contributed by atoms with Crippen LogP contribution in [0.15, 0.2) is 22.9 Å². The lowest BCUT2D eigenvalue weighted by Crippen LogP contribution is -2.39. The Morgan fingerprint density at radius 1 is 1.65 bits per heavy atom. The zero-order valence-electron chi connectivity index (χ0n) is 9.73. The van der Waals surface area contributed by atoms with Gasteiger partial charge in [-0.2, -0.15) is 0 Å². The summed E-state index contributed by atoms with van der Waals surface area (Å²) in [5.74, 6) is -0.131. The van der Waals surface area contributed by atoms with E-state index >= 15 is 0 Å². The number of esters is 1. The average Bonchev–Trinajstić information content (AvgIpc) is 2.38. The Bertz CT molecular complexity index is 411. The van der Waals surface area contributed by atoms with Crippen molar-refractivity contribution in [2.45, 2.75) is 12.8 Å². The maximum Gasteiger partial charge on any atom is 0.310 e. The van der Waals surface area contributed by atoms with E-state index in [2.05, 4.69) is 25.8 Å². The van der Waals surface area contributed by atoms with Crippen LogP contribution in [0.25, 0.3) is 0 Å². The Kier molecular flexibility index (Phi) is 3.99. The smallest absolute Gasteiger partial charge is 0.310 e. The zero-order chi connectivity index (χ0) is 12.3. The number of carbonyl (C=O) groups is 1. The van der Waals surface area contributed by atoms with Gasteiger partial charge in [-0.3, -0.25) is 9.78 Å². The number of methoxy groups -OCH3 is 1. The second-order valence-electron chi connectivity index (χ2n) is 4.14. The summed E-state index contributed by atoms with van der Waals surface area (Å²) in [6.07, 6.45) is 5.46. The van der Waals surface area contributed by atoms with Gasteiger partial charge in [-0.05, 0) is 34.8 Å². The summed E-state index contributed by atoms with van der Waals surface area (Å²) in [5.41, 5.74) is 1.09. The molecule has 0 bridgehead atoms. The summed E-state index contributed by atoms with van der Waals surface area (Å²) >= 11 is 3.49. The van der Waals surface area contributed by atoms with Crippen LogP contribution in [0, 0.1) is 5.92 Å². The predicted molar refractivity (Wildman–Crippen MR) is 68.9 cm³/mol. The molecular weight excluding hydrogens is 284 g/mol. The highest BCUT2D eigenvalue weighted by Gasteiger charge is 2.27. The Balaban J connectivity index is 2.12. The summed E-state index contributed by atoms with van der Waals surface area (Å²) in [6.45, 7) is 1.69. The van der Waals surface area contributed by atoms with E-state index in [1.807, 2.05) is 6.07 Å². The fourth-order valence-corrected chi connectivity index (χ4v) is 2.68. The van der Waals surface area contributed by atoms with Gasteiger partial charge in [-0.1, -0.05) is 0 Å². The molecule has 2 heterocycles. The number of halogens is 1. The first-order chi connectivity index (χ1) is 8.22. The third-order valence-corrected chi connectivity index (χ3v) is 3.66. The van der Waals surface area contributed by atoms with Crippen molar-refractivity contribution < 1.29 is 9.53 Å². The molecule has 0 aliphatic carbocycles. The second kappa shape index (κ2) is 5.49. The molecule has 0 amide bonds. The highest BCUT2D eigenvalue weighted by Crippen LogP contribution is 2.29. The van der Waals surface area contributed by atoms with Crippen molar-refractivity contribution in [3.05, 3.63) is 22.9 Å². The van der Waals surface area contributed by atoms with Gasteiger partial charge in [0, 0.05) is 25.5 Å². The molecule has 0 radical (unpaired) electrons. The van der Waals surface area contributed by atoms with E-state index in [0.717, 1.165) is 36.1 Å². The van der Waals surface area contributed by atoms with Crippen molar-refractivity contribution in [3.8, 4) is 0 Å². The molecule has 0 aromatic carbocycles. The Hall–Kier alpha value is -1.10. The quantitative estimate of drug-likeness (QED) is 0.785. The van der Waals surface area contributed by atoms with Gasteiger partial charge in [0.25, 0.3) is 0 Å². The lowest BCUT2D eigenvalue weighted by molar-refractivity contribution is -0.145. The summed E-state index contributed by atoms with van der Waals surface area (Å²) in [5, 5.41) is 0. The van der Waals surface area contributed by atoms with Crippen LogP contribution >= 0.6 is 15.9 Å². The monoisotopic (exact) mass is 298 g/mol. The molecule has 17 heavy (non-hydrogen) atoms. The Morgan fingerprint density at radius 3 is 3.18 bits per heavy atom. The summed E-state index contributed by atoms with van der Waals surface area (Å²) in [6, 6.07) is 1.96. The van der Waals surface area contributed by atoms with E-state index in [9.17, 15) is 4.79 Å². The second-order valence-corrected chi connectivity index (χ2v) is 4.99. The topological polar surface area (TPSA) is 42.4 Å². The molecule has 1 saturated heterocycles. The number of rotatable bonds is 2. The van der Waals surface area contributed by atoms with Crippen LogP contribution in [0.1, 0.15) is 12.8 Å². The van der Waals surface area contributed by atoms with Crippen LogP contribution in [0.4, 0.5) is 5.69 Å². The molecule has 0 spiro atoms. The zero-order valence-corrected chi connectivity index (χ0v) is 11.3. The number of piperidine rings is 1. The van der Waals surface area contributed by atoms with Gasteiger partial charge in [0.1, 0.15) is 0 Å². The molecule has 92 valence electrons. The number of carbonyl (C=O) groups excluding carboxylic acids is 1. The number of hydrogen-bond donors (Lipinski definition) is 0. The van der Waals surface area contributed by atoms with Gasteiger partial charge in [-0.25, -0.2) is 0 Å². The summed E-state index contributed by atoms with van der Waals surface area (Å²) < 4.78 is 5.78. The molecule has 1 aliphatic heterocycles. The van der Waals surface area contributed by atoms with Gasteiger partial charge in [0.05, 0.1) is 23.2 Å². The molecule has 2 rings (SSSR count). The van der Waals surface area contributed by atoms with Crippen LogP contribution in [0.2, 0.25) is 0 Å². The van der Waals surface area contributed by atoms with Crippen LogP contribution in [0.3, 0.4) is 0 Å². The Morgan fingerprint density at radius 2 is 2.47 bits per heavy atom. The third-order valence-electron chi connectivity index (χ3n) is 3.05. The van der Waals surface area contributed by atoms with Crippen molar-refractivity contribution >= 4 is 27.6 Å². The molecule has 1 aromatic rings. The molecule has 1 aliphatic rings. The molecule has 5 heteroatoms. The maximum atomic E-state index is 11.6. The lowest BCUT2D eigenvalue weighted by atomic mass is 9.98. The number of hydrogen-bond acceptors (Lipinski definition) is 4. The van der Waals surface area contributed by atoms with Gasteiger partial charge in [0.2, 0.25) is 0 Å². The van der Waals surface area contributed by atoms with E-state index in [0.29, 0.717) is 0 Å². The van der Waals surface area contributed by atoms with E-state index in [1.165, 1.54) is 7.11 Å². The van der Waals surface area contributed by atoms with Crippen LogP contribution in [-0.4, -0.2) is 31.2 Å². The molecule has 1 aromatic heterocycles. The maximum absolute atomic E-state index is 11.6. The number of pyridine rings is 1. The van der Waals surface area contributed by atoms with Crippen LogP contribution in [0.5, 0.6) is 0 Å². The van der Waals surface area contributed by atoms with Crippen LogP contribution in [-0.2, 0) is 9.53 Å². The van der Waals surface area contributed by atoms with Gasteiger partial charge in [0.15, 0.2) is 0 Å². The molecule has 4 nitrogen and oxygen atoms in total. The highest BCUT2D eigenvalue weighted by atomic mass is 79.9. The number of anilines is 1. The molecule has 1 unspecified atom stereocenters. The van der Waals surface area contributed by atoms with E-state index < -0.39 is 0 Å². The van der Waals surface area contributed by atoms with Gasteiger partial charge >= 0.3 is 5.97 Å². The van der Waals surface area contributed by atoms with Crippen molar-refractivity contribution in [3.63, 3.8) is 0 Å². The molecule has 1 fully saturated rings. The summed E-state index contributed by atoms with van der Waals surface area (Å²) in [4.78, 5) is 17.8. The third kappa shape index (κ3) is 2.77.